The fourth-order valence-corrected chi connectivity index (χ4v) is 3.31. The molecule has 26 heavy (non-hydrogen) atoms. The number of ether oxygens (including phenoxy) is 1. The number of hydrogen-bond acceptors (Lipinski definition) is 4. The Hall–Kier alpha value is -1.64. The summed E-state index contributed by atoms with van der Waals surface area (Å²) in [6.07, 6.45) is -4.31. The molecule has 2 aliphatic rings. The van der Waals surface area contributed by atoms with Gasteiger partial charge in [0.2, 0.25) is 5.91 Å². The molecule has 1 aromatic carbocycles. The van der Waals surface area contributed by atoms with E-state index in [1.807, 2.05) is 4.90 Å². The monoisotopic (exact) mass is 371 g/mol. The summed E-state index contributed by atoms with van der Waals surface area (Å²) in [7, 11) is 0. The first-order chi connectivity index (χ1) is 12.4. The SMILES string of the molecule is O=C(CN1CCN(Cc2cccc(C(F)(F)F)c2)CC1)N1CCOCC1. The molecular weight excluding hydrogens is 347 g/mol. The molecule has 0 radical (unpaired) electrons. The van der Waals surface area contributed by atoms with Gasteiger partial charge in [-0.2, -0.15) is 13.2 Å². The van der Waals surface area contributed by atoms with Crippen LogP contribution in [-0.2, 0) is 22.3 Å². The summed E-state index contributed by atoms with van der Waals surface area (Å²) in [5.74, 6) is 0.125. The van der Waals surface area contributed by atoms with Gasteiger partial charge in [0.1, 0.15) is 0 Å². The highest BCUT2D eigenvalue weighted by atomic mass is 19.4. The lowest BCUT2D eigenvalue weighted by molar-refractivity contribution is -0.138. The Morgan fingerprint density at radius 2 is 1.65 bits per heavy atom. The summed E-state index contributed by atoms with van der Waals surface area (Å²) >= 11 is 0. The number of hydrogen-bond donors (Lipinski definition) is 0. The Morgan fingerprint density at radius 1 is 1.00 bits per heavy atom. The van der Waals surface area contributed by atoms with E-state index < -0.39 is 11.7 Å². The fraction of sp³-hybridized carbons (Fsp3) is 0.611. The minimum Gasteiger partial charge on any atom is -0.378 e. The zero-order valence-corrected chi connectivity index (χ0v) is 14.7. The number of benzene rings is 1. The predicted molar refractivity (Wildman–Crippen MR) is 90.6 cm³/mol. The Labute approximate surface area is 151 Å². The Kier molecular flexibility index (Phi) is 6.16. The molecule has 0 bridgehead atoms. The van der Waals surface area contributed by atoms with Gasteiger partial charge in [0.25, 0.3) is 0 Å². The van der Waals surface area contributed by atoms with Gasteiger partial charge < -0.3 is 9.64 Å². The van der Waals surface area contributed by atoms with Gasteiger partial charge in [-0.25, -0.2) is 0 Å². The highest BCUT2D eigenvalue weighted by Crippen LogP contribution is 2.29. The van der Waals surface area contributed by atoms with E-state index in [0.29, 0.717) is 45.0 Å². The van der Waals surface area contributed by atoms with E-state index in [-0.39, 0.29) is 5.91 Å². The molecule has 2 fully saturated rings. The van der Waals surface area contributed by atoms with Crippen molar-refractivity contribution < 1.29 is 22.7 Å². The Balaban J connectivity index is 1.46. The Morgan fingerprint density at radius 3 is 2.31 bits per heavy atom. The molecule has 0 aromatic heterocycles. The maximum Gasteiger partial charge on any atom is 0.416 e. The van der Waals surface area contributed by atoms with Gasteiger partial charge in [-0.15, -0.1) is 0 Å². The van der Waals surface area contributed by atoms with Gasteiger partial charge in [-0.1, -0.05) is 18.2 Å². The summed E-state index contributed by atoms with van der Waals surface area (Å²) in [5.41, 5.74) is 0.0578. The number of halogens is 3. The molecule has 2 aliphatic heterocycles. The highest BCUT2D eigenvalue weighted by molar-refractivity contribution is 5.78. The van der Waals surface area contributed by atoms with Gasteiger partial charge in [0.15, 0.2) is 0 Å². The third kappa shape index (κ3) is 5.18. The van der Waals surface area contributed by atoms with Crippen LogP contribution in [0.15, 0.2) is 24.3 Å². The van der Waals surface area contributed by atoms with Crippen molar-refractivity contribution >= 4 is 5.91 Å². The second-order valence-corrected chi connectivity index (χ2v) is 6.74. The Bertz CT molecular complexity index is 610. The van der Waals surface area contributed by atoms with Crippen LogP contribution in [0.4, 0.5) is 13.2 Å². The van der Waals surface area contributed by atoms with E-state index in [4.69, 9.17) is 4.74 Å². The highest BCUT2D eigenvalue weighted by Gasteiger charge is 2.30. The number of alkyl halides is 3. The predicted octanol–water partition coefficient (Wildman–Crippen LogP) is 1.68. The minimum absolute atomic E-state index is 0.125. The number of morpholine rings is 1. The topological polar surface area (TPSA) is 36.0 Å². The average molecular weight is 371 g/mol. The second kappa shape index (κ2) is 8.37. The molecule has 3 rings (SSSR count). The third-order valence-electron chi connectivity index (χ3n) is 4.85. The molecule has 0 aliphatic carbocycles. The van der Waals surface area contributed by atoms with Crippen LogP contribution in [0.25, 0.3) is 0 Å². The van der Waals surface area contributed by atoms with Gasteiger partial charge in [0.05, 0.1) is 25.3 Å². The zero-order chi connectivity index (χ0) is 18.6. The number of carbonyl (C=O) groups is 1. The molecule has 0 saturated carbocycles. The molecule has 2 saturated heterocycles. The van der Waals surface area contributed by atoms with Crippen LogP contribution in [0.5, 0.6) is 0 Å². The van der Waals surface area contributed by atoms with Crippen molar-refractivity contribution in [1.82, 2.24) is 14.7 Å². The molecule has 1 amide bonds. The lowest BCUT2D eigenvalue weighted by Crippen LogP contribution is -2.51. The van der Waals surface area contributed by atoms with Crippen LogP contribution in [0.3, 0.4) is 0 Å². The standard InChI is InChI=1S/C18H24F3N3O2/c19-18(20,21)16-3-1-2-15(12-16)13-22-4-6-23(7-5-22)14-17(25)24-8-10-26-11-9-24/h1-3,12H,4-11,13-14H2. The van der Waals surface area contributed by atoms with Crippen LogP contribution in [0.2, 0.25) is 0 Å². The molecule has 1 aromatic rings. The summed E-state index contributed by atoms with van der Waals surface area (Å²) < 4.78 is 43.7. The molecule has 2 heterocycles. The van der Waals surface area contributed by atoms with Crippen molar-refractivity contribution in [3.05, 3.63) is 35.4 Å². The van der Waals surface area contributed by atoms with Gasteiger partial charge in [-0.05, 0) is 11.6 Å². The first-order valence-corrected chi connectivity index (χ1v) is 8.88. The smallest absolute Gasteiger partial charge is 0.378 e. The molecule has 8 heteroatoms. The summed E-state index contributed by atoms with van der Waals surface area (Å²) in [6.45, 7) is 6.35. The van der Waals surface area contributed by atoms with Crippen molar-refractivity contribution in [3.63, 3.8) is 0 Å². The normalized spacial score (nSPS) is 20.3. The number of rotatable bonds is 4. The molecule has 0 spiro atoms. The fourth-order valence-electron chi connectivity index (χ4n) is 3.31. The molecule has 0 unspecified atom stereocenters. The molecular formula is C18H24F3N3O2. The van der Waals surface area contributed by atoms with Gasteiger partial charge >= 0.3 is 6.18 Å². The quantitative estimate of drug-likeness (QED) is 0.807. The van der Waals surface area contributed by atoms with Gasteiger partial charge in [0, 0.05) is 45.8 Å². The van der Waals surface area contributed by atoms with E-state index >= 15 is 0 Å². The number of amides is 1. The van der Waals surface area contributed by atoms with Gasteiger partial charge in [-0.3, -0.25) is 14.6 Å². The largest absolute Gasteiger partial charge is 0.416 e. The maximum absolute atomic E-state index is 12.8. The lowest BCUT2D eigenvalue weighted by Gasteiger charge is -2.36. The van der Waals surface area contributed by atoms with E-state index in [1.165, 1.54) is 12.1 Å². The van der Waals surface area contributed by atoms with Crippen molar-refractivity contribution in [2.45, 2.75) is 12.7 Å². The number of carbonyl (C=O) groups excluding carboxylic acids is 1. The molecule has 5 nitrogen and oxygen atoms in total. The molecule has 0 atom stereocenters. The van der Waals surface area contributed by atoms with Crippen molar-refractivity contribution in [3.8, 4) is 0 Å². The second-order valence-electron chi connectivity index (χ2n) is 6.74. The third-order valence-corrected chi connectivity index (χ3v) is 4.85. The van der Waals surface area contributed by atoms with E-state index in [2.05, 4.69) is 9.80 Å². The first kappa shape index (κ1) is 19.1. The lowest BCUT2D eigenvalue weighted by atomic mass is 10.1. The number of nitrogens with zero attached hydrogens (tertiary/aromatic N) is 3. The minimum atomic E-state index is -4.31. The summed E-state index contributed by atoms with van der Waals surface area (Å²) in [4.78, 5) is 18.4. The first-order valence-electron chi connectivity index (χ1n) is 8.88. The van der Waals surface area contributed by atoms with Crippen LogP contribution >= 0.6 is 0 Å². The summed E-state index contributed by atoms with van der Waals surface area (Å²) in [6, 6.07) is 5.49. The van der Waals surface area contributed by atoms with E-state index in [9.17, 15) is 18.0 Å². The zero-order valence-electron chi connectivity index (χ0n) is 14.7. The van der Waals surface area contributed by atoms with Crippen molar-refractivity contribution in [2.75, 3.05) is 59.0 Å². The van der Waals surface area contributed by atoms with Crippen molar-refractivity contribution in [2.24, 2.45) is 0 Å². The summed E-state index contributed by atoms with van der Waals surface area (Å²) in [5, 5.41) is 0. The van der Waals surface area contributed by atoms with Crippen LogP contribution < -0.4 is 0 Å². The van der Waals surface area contributed by atoms with E-state index in [0.717, 1.165) is 32.2 Å². The molecule has 0 N–H and O–H groups in total. The average Bonchev–Trinajstić information content (AvgIpc) is 2.63. The maximum atomic E-state index is 12.8. The van der Waals surface area contributed by atoms with Crippen LogP contribution in [-0.4, -0.2) is 79.6 Å². The van der Waals surface area contributed by atoms with Crippen LogP contribution in [0.1, 0.15) is 11.1 Å². The number of piperazine rings is 1. The van der Waals surface area contributed by atoms with E-state index in [1.54, 1.807) is 6.07 Å². The molecule has 144 valence electrons. The van der Waals surface area contributed by atoms with Crippen LogP contribution in [0, 0.1) is 0 Å². The van der Waals surface area contributed by atoms with Crippen molar-refractivity contribution in [1.29, 1.82) is 0 Å².